The van der Waals surface area contributed by atoms with Crippen LogP contribution in [-0.2, 0) is 16.1 Å². The number of fused-ring (bicyclic) bond motifs is 1. The zero-order chi connectivity index (χ0) is 36.5. The third kappa shape index (κ3) is 7.05. The summed E-state index contributed by atoms with van der Waals surface area (Å²) >= 11 is 2.99. The van der Waals surface area contributed by atoms with Gasteiger partial charge in [0.05, 0.1) is 32.8 Å². The molecule has 0 spiro atoms. The lowest BCUT2D eigenvalue weighted by Gasteiger charge is -2.28. The zero-order valence-electron chi connectivity index (χ0n) is 29.0. The Balaban J connectivity index is 1.05. The van der Waals surface area contributed by atoms with Gasteiger partial charge in [-0.3, -0.25) is 9.59 Å². The predicted octanol–water partition coefficient (Wildman–Crippen LogP) is 6.21. The molecule has 1 aliphatic rings. The second-order valence-corrected chi connectivity index (χ2v) is 15.0. The number of β-amino-alcohol motifs (C(OH)–C–C–N with tert-alkyl or cyclic N) is 1. The summed E-state index contributed by atoms with van der Waals surface area (Å²) in [6.45, 7) is 8.07. The Kier molecular flexibility index (Phi) is 9.87. The van der Waals surface area contributed by atoms with Crippen LogP contribution in [0.15, 0.2) is 70.7 Å². The fraction of sp³-hybridized carbons (Fsp3) is 0.282. The molecule has 1 aliphatic heterocycles. The standard InChI is InChI=1S/C39H36N6O5S2/c1-21(2)35(39(49)45-19-27(46)16-31(45)37(48)40-18-24-9-11-25(12-10-24)36-23(4)41-20-51-36)33-15-26(44-50-33)13-14-34-22(3)29-17-30(42-43-38(29)52-34)28-7-5-6-8-32(28)47/h5-12,15,17,20-21,27,31,35,46-47H,16,18-19H2,1-4H3,(H,40,48)/t27-,31+,35-/m1/s1. The smallest absolute Gasteiger partial charge is 0.243 e. The van der Waals surface area contributed by atoms with Crippen molar-refractivity contribution < 1.29 is 24.3 Å². The van der Waals surface area contributed by atoms with Gasteiger partial charge < -0.3 is 25.0 Å². The number of thiophene rings is 1. The molecule has 264 valence electrons. The maximum Gasteiger partial charge on any atom is 0.243 e. The van der Waals surface area contributed by atoms with Gasteiger partial charge in [-0.1, -0.05) is 55.4 Å². The Labute approximate surface area is 308 Å². The van der Waals surface area contributed by atoms with E-state index in [4.69, 9.17) is 4.52 Å². The van der Waals surface area contributed by atoms with Crippen molar-refractivity contribution in [2.45, 2.75) is 58.7 Å². The van der Waals surface area contributed by atoms with E-state index in [1.54, 1.807) is 35.6 Å². The van der Waals surface area contributed by atoms with Crippen LogP contribution in [0.4, 0.5) is 0 Å². The molecule has 7 rings (SSSR count). The second-order valence-electron chi connectivity index (χ2n) is 13.2. The van der Waals surface area contributed by atoms with Crippen LogP contribution in [0.3, 0.4) is 0 Å². The molecule has 52 heavy (non-hydrogen) atoms. The van der Waals surface area contributed by atoms with Crippen LogP contribution in [0.1, 0.15) is 59.3 Å². The molecule has 3 atom stereocenters. The molecule has 1 fully saturated rings. The number of aliphatic hydroxyl groups excluding tert-OH is 1. The van der Waals surface area contributed by atoms with Crippen molar-refractivity contribution in [2.75, 3.05) is 6.54 Å². The summed E-state index contributed by atoms with van der Waals surface area (Å²) in [5.41, 5.74) is 7.23. The fourth-order valence-electron chi connectivity index (χ4n) is 6.46. The average molecular weight is 733 g/mol. The zero-order valence-corrected chi connectivity index (χ0v) is 30.6. The molecule has 1 saturated heterocycles. The molecule has 0 bridgehead atoms. The number of phenolic OH excluding ortho intramolecular Hbond substituents is 1. The normalized spacial score (nSPS) is 16.2. The van der Waals surface area contributed by atoms with E-state index in [0.29, 0.717) is 22.7 Å². The lowest BCUT2D eigenvalue weighted by Crippen LogP contribution is -2.48. The topological polar surface area (TPSA) is 155 Å². The Bertz CT molecular complexity index is 2330. The minimum Gasteiger partial charge on any atom is -0.507 e. The molecular weight excluding hydrogens is 697 g/mol. The highest BCUT2D eigenvalue weighted by Gasteiger charge is 2.43. The Morgan fingerprint density at radius 2 is 1.87 bits per heavy atom. The van der Waals surface area contributed by atoms with Crippen LogP contribution in [0.25, 0.3) is 31.9 Å². The lowest BCUT2D eigenvalue weighted by molar-refractivity contribution is -0.141. The van der Waals surface area contributed by atoms with E-state index in [-0.39, 0.29) is 43.0 Å². The lowest BCUT2D eigenvalue weighted by atomic mass is 9.91. The quantitative estimate of drug-likeness (QED) is 0.155. The van der Waals surface area contributed by atoms with Gasteiger partial charge in [0, 0.05) is 36.5 Å². The highest BCUT2D eigenvalue weighted by molar-refractivity contribution is 7.19. The van der Waals surface area contributed by atoms with Crippen molar-refractivity contribution in [2.24, 2.45) is 5.92 Å². The van der Waals surface area contributed by atoms with E-state index < -0.39 is 18.1 Å². The molecule has 0 aliphatic carbocycles. The fourth-order valence-corrected chi connectivity index (χ4v) is 8.23. The molecule has 13 heteroatoms. The number of aromatic hydroxyl groups is 1. The van der Waals surface area contributed by atoms with Crippen molar-refractivity contribution in [3.8, 4) is 39.3 Å². The molecule has 6 aromatic rings. The minimum absolute atomic E-state index is 0.0452. The number of rotatable bonds is 8. The van der Waals surface area contributed by atoms with Crippen molar-refractivity contribution in [3.05, 3.63) is 99.3 Å². The van der Waals surface area contributed by atoms with Crippen LogP contribution in [0, 0.1) is 31.6 Å². The van der Waals surface area contributed by atoms with E-state index >= 15 is 0 Å². The number of aryl methyl sites for hydroxylation is 2. The van der Waals surface area contributed by atoms with Crippen LogP contribution in [0.5, 0.6) is 5.75 Å². The number of nitrogens with one attached hydrogen (secondary N) is 1. The molecule has 2 amide bonds. The van der Waals surface area contributed by atoms with Gasteiger partial charge in [0.15, 0.2) is 11.5 Å². The number of para-hydroxylation sites is 1. The van der Waals surface area contributed by atoms with Gasteiger partial charge in [0.1, 0.15) is 22.5 Å². The third-order valence-corrected chi connectivity index (χ3v) is 11.3. The highest BCUT2D eigenvalue weighted by atomic mass is 32.1. The first kappa shape index (κ1) is 35.0. The first-order valence-electron chi connectivity index (χ1n) is 16.9. The number of phenols is 1. The number of carbonyl (C=O) groups is 2. The summed E-state index contributed by atoms with van der Waals surface area (Å²) < 4.78 is 5.69. The first-order chi connectivity index (χ1) is 25.1. The van der Waals surface area contributed by atoms with Gasteiger partial charge in [-0.15, -0.1) is 32.9 Å². The number of aliphatic hydroxyl groups is 1. The van der Waals surface area contributed by atoms with Crippen molar-refractivity contribution in [3.63, 3.8) is 0 Å². The number of nitrogens with zero attached hydrogens (tertiary/aromatic N) is 5. The SMILES string of the molecule is Cc1ncsc1-c1ccc(CNC(=O)[C@@H]2C[C@@H](O)CN2C(=O)[C@@H](c2cc(C#Cc3sc4nnc(-c5ccccc5O)cc4c3C)no2)C(C)C)cc1. The van der Waals surface area contributed by atoms with Crippen LogP contribution in [-0.4, -0.2) is 66.0 Å². The Morgan fingerprint density at radius 1 is 1.08 bits per heavy atom. The molecule has 0 saturated carbocycles. The van der Waals surface area contributed by atoms with Gasteiger partial charge in [-0.2, -0.15) is 0 Å². The number of aromatic nitrogens is 4. The van der Waals surface area contributed by atoms with E-state index in [1.165, 1.54) is 16.2 Å². The highest BCUT2D eigenvalue weighted by Crippen LogP contribution is 2.34. The predicted molar refractivity (Wildman–Crippen MR) is 200 cm³/mol. The number of carbonyl (C=O) groups excluding carboxylic acids is 2. The summed E-state index contributed by atoms with van der Waals surface area (Å²) in [6, 6.07) is 17.7. The van der Waals surface area contributed by atoms with Gasteiger partial charge >= 0.3 is 0 Å². The Morgan fingerprint density at radius 3 is 2.60 bits per heavy atom. The van der Waals surface area contributed by atoms with Gasteiger partial charge in [-0.25, -0.2) is 4.98 Å². The number of benzene rings is 2. The van der Waals surface area contributed by atoms with Crippen LogP contribution >= 0.6 is 22.7 Å². The minimum atomic E-state index is -0.825. The maximum atomic E-state index is 14.1. The number of likely N-dealkylation sites (tertiary alicyclic amines) is 1. The van der Waals surface area contributed by atoms with Gasteiger partial charge in [0.25, 0.3) is 0 Å². The first-order valence-corrected chi connectivity index (χ1v) is 18.6. The number of amides is 2. The number of hydrogen-bond acceptors (Lipinski definition) is 11. The van der Waals surface area contributed by atoms with Gasteiger partial charge in [0.2, 0.25) is 11.8 Å². The maximum absolute atomic E-state index is 14.1. The van der Waals surface area contributed by atoms with Crippen molar-refractivity contribution >= 4 is 44.7 Å². The summed E-state index contributed by atoms with van der Waals surface area (Å²) in [5.74, 6) is 5.13. The van der Waals surface area contributed by atoms with E-state index in [2.05, 4.69) is 37.5 Å². The Hall–Kier alpha value is -5.42. The molecule has 0 unspecified atom stereocenters. The summed E-state index contributed by atoms with van der Waals surface area (Å²) in [4.78, 5) is 35.9. The van der Waals surface area contributed by atoms with Crippen LogP contribution in [0.2, 0.25) is 0 Å². The van der Waals surface area contributed by atoms with Crippen molar-refractivity contribution in [1.82, 2.24) is 30.6 Å². The molecule has 4 aromatic heterocycles. The van der Waals surface area contributed by atoms with E-state index in [9.17, 15) is 19.8 Å². The molecule has 3 N–H and O–H groups in total. The van der Waals surface area contributed by atoms with E-state index in [1.807, 2.05) is 69.6 Å². The van der Waals surface area contributed by atoms with Crippen LogP contribution < -0.4 is 5.32 Å². The molecule has 11 nitrogen and oxygen atoms in total. The van der Waals surface area contributed by atoms with Crippen molar-refractivity contribution in [1.29, 1.82) is 0 Å². The summed E-state index contributed by atoms with van der Waals surface area (Å²) in [7, 11) is 0. The second kappa shape index (κ2) is 14.7. The summed E-state index contributed by atoms with van der Waals surface area (Å²) in [6.07, 6.45) is -0.680. The molecule has 0 radical (unpaired) electrons. The third-order valence-electron chi connectivity index (χ3n) is 9.25. The summed E-state index contributed by atoms with van der Waals surface area (Å²) in [5, 5.41) is 37.5. The molecule has 5 heterocycles. The average Bonchev–Trinajstić information content (AvgIpc) is 3.94. The van der Waals surface area contributed by atoms with Gasteiger partial charge in [-0.05, 0) is 66.5 Å². The number of hydrogen-bond donors (Lipinski definition) is 3. The van der Waals surface area contributed by atoms with E-state index in [0.717, 1.165) is 42.4 Å². The largest absolute Gasteiger partial charge is 0.507 e. The number of thiazole rings is 1. The molecular formula is C39H36N6O5S2. The monoisotopic (exact) mass is 732 g/mol. The molecule has 2 aromatic carbocycles.